The molecule has 3 fully saturated rings. The van der Waals surface area contributed by atoms with Crippen LogP contribution in [-0.4, -0.2) is 5.78 Å². The van der Waals surface area contributed by atoms with Crippen LogP contribution < -0.4 is 0 Å². The second kappa shape index (κ2) is 2.91. The Hall–Kier alpha value is -0.330. The zero-order valence-electron chi connectivity index (χ0n) is 11.0. The summed E-state index contributed by atoms with van der Waals surface area (Å²) < 4.78 is 0. The molecule has 1 spiro atoms. The molecule has 3 saturated carbocycles. The topological polar surface area (TPSA) is 17.1 Å². The van der Waals surface area contributed by atoms with Crippen molar-refractivity contribution in [2.45, 2.75) is 53.4 Å². The Morgan fingerprint density at radius 3 is 2.56 bits per heavy atom. The molecule has 0 aliphatic heterocycles. The van der Waals surface area contributed by atoms with Gasteiger partial charge < -0.3 is 0 Å². The molecule has 1 heteroatoms. The number of hydrogen-bond acceptors (Lipinski definition) is 1. The molecule has 3 aliphatic rings. The molecule has 5 atom stereocenters. The summed E-state index contributed by atoms with van der Waals surface area (Å²) in [6.45, 7) is 9.42. The van der Waals surface area contributed by atoms with Gasteiger partial charge in [-0.2, -0.15) is 0 Å². The van der Waals surface area contributed by atoms with Crippen LogP contribution in [-0.2, 0) is 4.79 Å². The summed E-state index contributed by atoms with van der Waals surface area (Å²) in [6, 6.07) is 0. The number of fused-ring (bicyclic) bond motifs is 1. The van der Waals surface area contributed by atoms with Gasteiger partial charge in [0.25, 0.3) is 0 Å². The standard InChI is InChI=1S/C15H24O/c1-9-5-6-13-14(3,4)11-7-15(9,13)8-12(16)10(11)2/h9-11,13H,5-8H2,1-4H3. The van der Waals surface area contributed by atoms with Crippen LogP contribution in [0.1, 0.15) is 53.4 Å². The van der Waals surface area contributed by atoms with E-state index in [2.05, 4.69) is 27.7 Å². The van der Waals surface area contributed by atoms with E-state index in [9.17, 15) is 4.79 Å². The molecule has 0 aromatic heterocycles. The van der Waals surface area contributed by atoms with Gasteiger partial charge >= 0.3 is 0 Å². The molecular weight excluding hydrogens is 196 g/mol. The first-order valence-corrected chi connectivity index (χ1v) is 6.92. The number of carbonyl (C=O) groups is 1. The molecular formula is C15H24O. The lowest BCUT2D eigenvalue weighted by Crippen LogP contribution is -2.36. The van der Waals surface area contributed by atoms with Crippen LogP contribution in [0.4, 0.5) is 0 Å². The fraction of sp³-hybridized carbons (Fsp3) is 0.933. The van der Waals surface area contributed by atoms with Crippen molar-refractivity contribution >= 4 is 5.78 Å². The maximum Gasteiger partial charge on any atom is 0.136 e. The van der Waals surface area contributed by atoms with E-state index >= 15 is 0 Å². The summed E-state index contributed by atoms with van der Waals surface area (Å²) in [5.41, 5.74) is 0.800. The molecule has 0 radical (unpaired) electrons. The Bertz CT molecular complexity index is 343. The van der Waals surface area contributed by atoms with Crippen LogP contribution in [0.25, 0.3) is 0 Å². The smallest absolute Gasteiger partial charge is 0.136 e. The predicted molar refractivity (Wildman–Crippen MR) is 65.0 cm³/mol. The first kappa shape index (κ1) is 10.8. The van der Waals surface area contributed by atoms with Gasteiger partial charge in [-0.05, 0) is 47.8 Å². The van der Waals surface area contributed by atoms with Crippen molar-refractivity contribution in [3.8, 4) is 0 Å². The van der Waals surface area contributed by atoms with Crippen molar-refractivity contribution in [2.75, 3.05) is 0 Å². The highest BCUT2D eigenvalue weighted by molar-refractivity contribution is 5.83. The molecule has 3 aliphatic carbocycles. The second-order valence-electron chi connectivity index (χ2n) is 7.33. The molecule has 3 rings (SSSR count). The molecule has 5 unspecified atom stereocenters. The number of carbonyl (C=O) groups excluding carboxylic acids is 1. The van der Waals surface area contributed by atoms with Crippen molar-refractivity contribution in [3.63, 3.8) is 0 Å². The fourth-order valence-corrected chi connectivity index (χ4v) is 5.62. The molecule has 0 heterocycles. The summed E-state index contributed by atoms with van der Waals surface area (Å²) in [5.74, 6) is 3.12. The minimum absolute atomic E-state index is 0.318. The lowest BCUT2D eigenvalue weighted by Gasteiger charge is -2.38. The Morgan fingerprint density at radius 2 is 1.88 bits per heavy atom. The third-order valence-electron chi connectivity index (χ3n) is 6.63. The number of Topliss-reactive ketones (excluding diaryl/α,β-unsaturated/α-hetero) is 1. The SMILES string of the molecule is CC1C(=O)CC23CC1C(C)(C)C2CCC3C. The number of rotatable bonds is 0. The Morgan fingerprint density at radius 1 is 1.19 bits per heavy atom. The highest BCUT2D eigenvalue weighted by atomic mass is 16.1. The van der Waals surface area contributed by atoms with Crippen molar-refractivity contribution in [2.24, 2.45) is 34.5 Å². The lowest BCUT2D eigenvalue weighted by atomic mass is 9.65. The van der Waals surface area contributed by atoms with Gasteiger partial charge in [0.1, 0.15) is 5.78 Å². The van der Waals surface area contributed by atoms with E-state index in [0.29, 0.717) is 28.4 Å². The van der Waals surface area contributed by atoms with Gasteiger partial charge in [-0.3, -0.25) is 4.79 Å². The van der Waals surface area contributed by atoms with Crippen LogP contribution in [0.15, 0.2) is 0 Å². The van der Waals surface area contributed by atoms with E-state index in [1.54, 1.807) is 0 Å². The van der Waals surface area contributed by atoms with Crippen molar-refractivity contribution in [1.29, 1.82) is 0 Å². The lowest BCUT2D eigenvalue weighted by molar-refractivity contribution is -0.130. The normalized spacial score (nSPS) is 54.1. The van der Waals surface area contributed by atoms with E-state index in [4.69, 9.17) is 0 Å². The van der Waals surface area contributed by atoms with Crippen LogP contribution >= 0.6 is 0 Å². The summed E-state index contributed by atoms with van der Waals surface area (Å²) in [7, 11) is 0. The first-order valence-electron chi connectivity index (χ1n) is 6.92. The molecule has 90 valence electrons. The Labute approximate surface area is 99.0 Å². The van der Waals surface area contributed by atoms with Gasteiger partial charge in [-0.25, -0.2) is 0 Å². The van der Waals surface area contributed by atoms with Gasteiger partial charge in [-0.1, -0.05) is 27.7 Å². The van der Waals surface area contributed by atoms with E-state index in [-0.39, 0.29) is 0 Å². The van der Waals surface area contributed by atoms with E-state index in [0.717, 1.165) is 18.3 Å². The summed E-state index contributed by atoms with van der Waals surface area (Å²) >= 11 is 0. The molecule has 0 amide bonds. The monoisotopic (exact) mass is 220 g/mol. The Kier molecular flexibility index (Phi) is 1.97. The van der Waals surface area contributed by atoms with Gasteiger partial charge in [0.05, 0.1) is 0 Å². The molecule has 0 N–H and O–H groups in total. The number of ketones is 1. The van der Waals surface area contributed by atoms with E-state index < -0.39 is 0 Å². The van der Waals surface area contributed by atoms with Crippen LogP contribution in [0.2, 0.25) is 0 Å². The third kappa shape index (κ3) is 1.01. The maximum atomic E-state index is 12.2. The van der Waals surface area contributed by atoms with Gasteiger partial charge in [-0.15, -0.1) is 0 Å². The average Bonchev–Trinajstić information content (AvgIpc) is 2.59. The van der Waals surface area contributed by atoms with Crippen molar-refractivity contribution < 1.29 is 4.79 Å². The molecule has 2 bridgehead atoms. The maximum absolute atomic E-state index is 12.2. The summed E-state index contributed by atoms with van der Waals surface area (Å²) in [4.78, 5) is 12.2. The minimum atomic E-state index is 0.318. The molecule has 0 saturated heterocycles. The van der Waals surface area contributed by atoms with Gasteiger partial charge in [0.2, 0.25) is 0 Å². The van der Waals surface area contributed by atoms with Crippen LogP contribution in [0.5, 0.6) is 0 Å². The molecule has 0 aromatic rings. The molecule has 16 heavy (non-hydrogen) atoms. The highest BCUT2D eigenvalue weighted by Crippen LogP contribution is 2.71. The molecule has 0 aromatic carbocycles. The predicted octanol–water partition coefficient (Wildman–Crippen LogP) is 3.67. The minimum Gasteiger partial charge on any atom is -0.299 e. The summed E-state index contributed by atoms with van der Waals surface area (Å²) in [6.07, 6.45) is 4.94. The largest absolute Gasteiger partial charge is 0.299 e. The first-order chi connectivity index (χ1) is 7.39. The third-order valence-corrected chi connectivity index (χ3v) is 6.63. The van der Waals surface area contributed by atoms with Crippen LogP contribution in [0, 0.1) is 34.5 Å². The van der Waals surface area contributed by atoms with Gasteiger partial charge in [0, 0.05) is 12.3 Å². The highest BCUT2D eigenvalue weighted by Gasteiger charge is 2.66. The van der Waals surface area contributed by atoms with E-state index in [1.165, 1.54) is 19.3 Å². The second-order valence-corrected chi connectivity index (χ2v) is 7.33. The average molecular weight is 220 g/mol. The van der Waals surface area contributed by atoms with Crippen molar-refractivity contribution in [3.05, 3.63) is 0 Å². The zero-order valence-corrected chi connectivity index (χ0v) is 11.0. The quantitative estimate of drug-likeness (QED) is 0.608. The zero-order chi connectivity index (χ0) is 11.7. The van der Waals surface area contributed by atoms with E-state index in [1.807, 2.05) is 0 Å². The van der Waals surface area contributed by atoms with Crippen molar-refractivity contribution in [1.82, 2.24) is 0 Å². The Balaban J connectivity index is 2.10. The number of hydrogen-bond donors (Lipinski definition) is 0. The fourth-order valence-electron chi connectivity index (χ4n) is 5.62. The molecule has 1 nitrogen and oxygen atoms in total. The van der Waals surface area contributed by atoms with Crippen LogP contribution in [0.3, 0.4) is 0 Å². The summed E-state index contributed by atoms with van der Waals surface area (Å²) in [5, 5.41) is 0. The van der Waals surface area contributed by atoms with Gasteiger partial charge in [0.15, 0.2) is 0 Å².